The third-order valence-electron chi connectivity index (χ3n) is 3.33. The maximum atomic E-state index is 11.0. The molecule has 0 radical (unpaired) electrons. The van der Waals surface area contributed by atoms with Crippen molar-refractivity contribution in [2.75, 3.05) is 18.0 Å². The molecular formula is C12H15ClN4O3. The van der Waals surface area contributed by atoms with Crippen LogP contribution in [0.1, 0.15) is 19.3 Å². The van der Waals surface area contributed by atoms with Gasteiger partial charge < -0.3 is 10.6 Å². The summed E-state index contributed by atoms with van der Waals surface area (Å²) in [5.41, 5.74) is 5.08. The summed E-state index contributed by atoms with van der Waals surface area (Å²) in [5.74, 6) is 0.375. The number of pyridine rings is 1. The number of nitrogens with two attached hydrogens (primary N) is 1. The summed E-state index contributed by atoms with van der Waals surface area (Å²) in [7, 11) is 0. The normalized spacial score (nSPS) is 18.9. The minimum absolute atomic E-state index is 0.135. The molecule has 0 aromatic carbocycles. The molecule has 1 amide bonds. The molecule has 108 valence electrons. The second-order valence-corrected chi connectivity index (χ2v) is 5.29. The average molecular weight is 299 g/mol. The van der Waals surface area contributed by atoms with E-state index < -0.39 is 4.92 Å². The van der Waals surface area contributed by atoms with Crippen LogP contribution in [-0.4, -0.2) is 28.9 Å². The molecule has 0 spiro atoms. The number of rotatable bonds is 4. The molecule has 0 saturated carbocycles. The van der Waals surface area contributed by atoms with Crippen LogP contribution in [-0.2, 0) is 4.79 Å². The highest BCUT2D eigenvalue weighted by molar-refractivity contribution is 6.33. The van der Waals surface area contributed by atoms with Gasteiger partial charge in [0.15, 0.2) is 0 Å². The van der Waals surface area contributed by atoms with Gasteiger partial charge >= 0.3 is 0 Å². The van der Waals surface area contributed by atoms with Crippen LogP contribution in [0.2, 0.25) is 5.02 Å². The van der Waals surface area contributed by atoms with Gasteiger partial charge in [0.05, 0.1) is 9.95 Å². The number of amides is 1. The number of halogens is 1. The fourth-order valence-electron chi connectivity index (χ4n) is 2.46. The maximum Gasteiger partial charge on any atom is 0.289 e. The second-order valence-electron chi connectivity index (χ2n) is 4.88. The summed E-state index contributed by atoms with van der Waals surface area (Å²) < 4.78 is 0. The predicted octanol–water partition coefficient (Wildman–Crippen LogP) is 1.73. The Balaban J connectivity index is 2.14. The number of piperidine rings is 1. The van der Waals surface area contributed by atoms with Gasteiger partial charge in [-0.05, 0) is 18.8 Å². The van der Waals surface area contributed by atoms with E-state index >= 15 is 0 Å². The minimum atomic E-state index is -0.533. The van der Waals surface area contributed by atoms with Gasteiger partial charge in [-0.25, -0.2) is 4.98 Å². The van der Waals surface area contributed by atoms with Gasteiger partial charge in [0.1, 0.15) is 12.0 Å². The number of hydrogen-bond acceptors (Lipinski definition) is 5. The number of carbonyl (C=O) groups is 1. The van der Waals surface area contributed by atoms with Gasteiger partial charge in [-0.1, -0.05) is 11.6 Å². The molecule has 0 bridgehead atoms. The monoisotopic (exact) mass is 298 g/mol. The molecule has 8 heteroatoms. The molecule has 1 aromatic rings. The summed E-state index contributed by atoms with van der Waals surface area (Å²) in [5, 5.41) is 10.9. The first-order chi connectivity index (χ1) is 9.47. The number of nitrogens with zero attached hydrogens (tertiary/aromatic N) is 3. The van der Waals surface area contributed by atoms with E-state index in [-0.39, 0.29) is 22.5 Å². The largest absolute Gasteiger partial charge is 0.370 e. The van der Waals surface area contributed by atoms with Crippen molar-refractivity contribution >= 4 is 29.0 Å². The van der Waals surface area contributed by atoms with Crippen molar-refractivity contribution in [2.24, 2.45) is 11.7 Å². The Kier molecular flexibility index (Phi) is 4.39. The van der Waals surface area contributed by atoms with Crippen molar-refractivity contribution in [1.82, 2.24) is 4.98 Å². The van der Waals surface area contributed by atoms with Crippen LogP contribution in [0.3, 0.4) is 0 Å². The second kappa shape index (κ2) is 6.04. The lowest BCUT2D eigenvalue weighted by atomic mass is 9.94. The van der Waals surface area contributed by atoms with Gasteiger partial charge in [-0.3, -0.25) is 14.9 Å². The smallest absolute Gasteiger partial charge is 0.289 e. The number of carbonyl (C=O) groups excluding carboxylic acids is 1. The summed E-state index contributed by atoms with van der Waals surface area (Å²) in [6.45, 7) is 1.40. The fraction of sp³-hybridized carbons (Fsp3) is 0.500. The molecular weight excluding hydrogens is 284 g/mol. The van der Waals surface area contributed by atoms with Gasteiger partial charge in [0.25, 0.3) is 5.69 Å². The fourth-order valence-corrected chi connectivity index (χ4v) is 2.74. The van der Waals surface area contributed by atoms with Crippen molar-refractivity contribution in [1.29, 1.82) is 0 Å². The maximum absolute atomic E-state index is 11.0. The molecule has 7 nitrogen and oxygen atoms in total. The molecule has 2 N–H and O–H groups in total. The Bertz CT molecular complexity index is 537. The highest BCUT2D eigenvalue weighted by Gasteiger charge is 2.24. The summed E-state index contributed by atoms with van der Waals surface area (Å²) in [6, 6.07) is 1.29. The SMILES string of the molecule is NC(=O)CC1CCCN(c2ncc([N+](=O)[O-])cc2Cl)C1. The van der Waals surface area contributed by atoms with Gasteiger partial charge in [-0.2, -0.15) is 0 Å². The Labute approximate surface area is 120 Å². The molecule has 1 fully saturated rings. The lowest BCUT2D eigenvalue weighted by molar-refractivity contribution is -0.385. The zero-order valence-corrected chi connectivity index (χ0v) is 11.5. The number of hydrogen-bond donors (Lipinski definition) is 1. The highest BCUT2D eigenvalue weighted by atomic mass is 35.5. The van der Waals surface area contributed by atoms with Crippen molar-refractivity contribution in [3.63, 3.8) is 0 Å². The van der Waals surface area contributed by atoms with E-state index in [1.807, 2.05) is 4.90 Å². The molecule has 1 aliphatic heterocycles. The molecule has 2 heterocycles. The van der Waals surface area contributed by atoms with Crippen LogP contribution in [0, 0.1) is 16.0 Å². The predicted molar refractivity (Wildman–Crippen MR) is 74.6 cm³/mol. The Morgan fingerprint density at radius 1 is 1.65 bits per heavy atom. The summed E-state index contributed by atoms with van der Waals surface area (Å²) in [6.07, 6.45) is 3.37. The lowest BCUT2D eigenvalue weighted by Crippen LogP contribution is -2.37. The van der Waals surface area contributed by atoms with Crippen molar-refractivity contribution in [2.45, 2.75) is 19.3 Å². The van der Waals surface area contributed by atoms with E-state index in [4.69, 9.17) is 17.3 Å². The van der Waals surface area contributed by atoms with E-state index in [2.05, 4.69) is 4.98 Å². The quantitative estimate of drug-likeness (QED) is 0.673. The minimum Gasteiger partial charge on any atom is -0.370 e. The summed E-state index contributed by atoms with van der Waals surface area (Å²) >= 11 is 6.06. The van der Waals surface area contributed by atoms with Gasteiger partial charge in [0, 0.05) is 25.6 Å². The van der Waals surface area contributed by atoms with Crippen LogP contribution in [0.4, 0.5) is 11.5 Å². The van der Waals surface area contributed by atoms with Crippen molar-refractivity contribution < 1.29 is 9.72 Å². The van der Waals surface area contributed by atoms with Gasteiger partial charge in [-0.15, -0.1) is 0 Å². The molecule has 1 aliphatic rings. The third kappa shape index (κ3) is 3.36. The number of primary amides is 1. The molecule has 1 aromatic heterocycles. The topological polar surface area (TPSA) is 102 Å². The standard InChI is InChI=1S/C12H15ClN4O3/c13-10-5-9(17(19)20)6-15-12(10)16-3-1-2-8(7-16)4-11(14)18/h5-6,8H,1-4,7H2,(H2,14,18). The lowest BCUT2D eigenvalue weighted by Gasteiger charge is -2.33. The number of aromatic nitrogens is 1. The van der Waals surface area contributed by atoms with Crippen LogP contribution in [0.25, 0.3) is 0 Å². The molecule has 1 unspecified atom stereocenters. The first-order valence-corrected chi connectivity index (χ1v) is 6.68. The average Bonchev–Trinajstić information content (AvgIpc) is 2.38. The highest BCUT2D eigenvalue weighted by Crippen LogP contribution is 2.30. The third-order valence-corrected chi connectivity index (χ3v) is 3.60. The Morgan fingerprint density at radius 2 is 2.40 bits per heavy atom. The van der Waals surface area contributed by atoms with E-state index in [1.54, 1.807) is 0 Å². The Morgan fingerprint density at radius 3 is 3.00 bits per heavy atom. The van der Waals surface area contributed by atoms with Crippen molar-refractivity contribution in [3.05, 3.63) is 27.4 Å². The first kappa shape index (κ1) is 14.5. The van der Waals surface area contributed by atoms with Gasteiger partial charge in [0.2, 0.25) is 5.91 Å². The van der Waals surface area contributed by atoms with Crippen LogP contribution in [0.5, 0.6) is 0 Å². The van der Waals surface area contributed by atoms with Crippen molar-refractivity contribution in [3.8, 4) is 0 Å². The Hall–Kier alpha value is -1.89. The molecule has 20 heavy (non-hydrogen) atoms. The first-order valence-electron chi connectivity index (χ1n) is 6.30. The zero-order chi connectivity index (χ0) is 14.7. The molecule has 1 atom stereocenters. The van der Waals surface area contributed by atoms with E-state index in [0.29, 0.717) is 18.8 Å². The molecule has 1 saturated heterocycles. The van der Waals surface area contributed by atoms with Crippen LogP contribution in [0.15, 0.2) is 12.3 Å². The molecule has 2 rings (SSSR count). The van der Waals surface area contributed by atoms with E-state index in [9.17, 15) is 14.9 Å². The zero-order valence-electron chi connectivity index (χ0n) is 10.8. The van der Waals surface area contributed by atoms with Crippen LogP contribution >= 0.6 is 11.6 Å². The number of nitro groups is 1. The molecule has 0 aliphatic carbocycles. The van der Waals surface area contributed by atoms with E-state index in [0.717, 1.165) is 19.4 Å². The number of anilines is 1. The van der Waals surface area contributed by atoms with Crippen LogP contribution < -0.4 is 10.6 Å². The summed E-state index contributed by atoms with van der Waals surface area (Å²) in [4.78, 5) is 27.1. The van der Waals surface area contributed by atoms with E-state index in [1.165, 1.54) is 12.3 Å².